The van der Waals surface area contributed by atoms with Crippen molar-refractivity contribution in [1.82, 2.24) is 9.66 Å². The van der Waals surface area contributed by atoms with Crippen molar-refractivity contribution in [3.05, 3.63) is 89.7 Å². The summed E-state index contributed by atoms with van der Waals surface area (Å²) in [5.41, 5.74) is 6.99. The van der Waals surface area contributed by atoms with Gasteiger partial charge in [-0.15, -0.1) is 0 Å². The van der Waals surface area contributed by atoms with Crippen molar-refractivity contribution in [2.24, 2.45) is 0 Å². The number of aryl methyl sites for hydroxylation is 1. The highest BCUT2D eigenvalue weighted by Crippen LogP contribution is 2.22. The molecular weight excluding hydrogens is 400 g/mol. The van der Waals surface area contributed by atoms with Crippen molar-refractivity contribution >= 4 is 32.7 Å². The number of hydrogen-bond donors (Lipinski definition) is 2. The summed E-state index contributed by atoms with van der Waals surface area (Å²) in [6.45, 7) is 3.78. The number of carbonyl (C=O) groups excluding carboxylic acids is 1. The van der Waals surface area contributed by atoms with E-state index in [4.69, 9.17) is 0 Å². The molecular formula is C22H20N4O3S. The highest BCUT2D eigenvalue weighted by atomic mass is 32.2. The summed E-state index contributed by atoms with van der Waals surface area (Å²) in [5, 5.41) is 0. The fraction of sp³-hybridized carbons (Fsp3) is 0.0909. The third-order valence-corrected chi connectivity index (χ3v) is 6.33. The van der Waals surface area contributed by atoms with Gasteiger partial charge in [0, 0.05) is 5.56 Å². The molecule has 0 aliphatic heterocycles. The molecule has 1 amide bonds. The maximum absolute atomic E-state index is 12.7. The van der Waals surface area contributed by atoms with Gasteiger partial charge in [-0.05, 0) is 67.4 Å². The number of benzene rings is 3. The molecule has 0 saturated carbocycles. The van der Waals surface area contributed by atoms with Crippen LogP contribution in [0.1, 0.15) is 21.5 Å². The molecule has 1 heterocycles. The number of para-hydroxylation sites is 2. The van der Waals surface area contributed by atoms with Gasteiger partial charge < -0.3 is 0 Å². The van der Waals surface area contributed by atoms with E-state index in [1.54, 1.807) is 12.1 Å². The molecule has 30 heavy (non-hydrogen) atoms. The van der Waals surface area contributed by atoms with Gasteiger partial charge in [0.05, 0.1) is 21.6 Å². The van der Waals surface area contributed by atoms with Crippen LogP contribution < -0.4 is 10.1 Å². The first-order valence-corrected chi connectivity index (χ1v) is 10.8. The van der Waals surface area contributed by atoms with E-state index in [2.05, 4.69) is 15.1 Å². The molecule has 0 unspecified atom stereocenters. The molecule has 0 fully saturated rings. The van der Waals surface area contributed by atoms with Gasteiger partial charge in [-0.3, -0.25) is 14.9 Å². The predicted molar refractivity (Wildman–Crippen MR) is 117 cm³/mol. The standard InChI is InChI=1S/C22H20N4O3S/c1-15-6-5-8-19(16(15)2)25-30(28,29)18-12-10-17(11-13-18)22(27)24-26-14-23-20-7-3-4-9-21(20)26/h3-14,25H,1-2H3,(H,24,27). The Morgan fingerprint density at radius 2 is 1.67 bits per heavy atom. The van der Waals surface area contributed by atoms with Crippen molar-refractivity contribution in [3.8, 4) is 0 Å². The maximum atomic E-state index is 12.7. The molecule has 1 aromatic heterocycles. The van der Waals surface area contributed by atoms with E-state index < -0.39 is 10.0 Å². The van der Waals surface area contributed by atoms with Gasteiger partial charge in [-0.25, -0.2) is 18.1 Å². The van der Waals surface area contributed by atoms with Gasteiger partial charge in [0.2, 0.25) is 0 Å². The van der Waals surface area contributed by atoms with Crippen LogP contribution in [0.3, 0.4) is 0 Å². The highest BCUT2D eigenvalue weighted by molar-refractivity contribution is 7.92. The molecule has 0 saturated heterocycles. The molecule has 0 spiro atoms. The van der Waals surface area contributed by atoms with E-state index in [1.807, 2.05) is 44.2 Å². The molecule has 4 aromatic rings. The van der Waals surface area contributed by atoms with Gasteiger partial charge in [-0.2, -0.15) is 0 Å². The Morgan fingerprint density at radius 1 is 0.933 bits per heavy atom. The second-order valence-corrected chi connectivity index (χ2v) is 8.60. The van der Waals surface area contributed by atoms with Gasteiger partial charge in [0.25, 0.3) is 15.9 Å². The Kier molecular flexibility index (Phi) is 5.01. The molecule has 7 nitrogen and oxygen atoms in total. The zero-order valence-electron chi connectivity index (χ0n) is 16.5. The number of aromatic nitrogens is 2. The van der Waals surface area contributed by atoms with E-state index in [0.717, 1.165) is 22.2 Å². The largest absolute Gasteiger partial charge is 0.279 e. The number of anilines is 1. The third kappa shape index (κ3) is 3.77. The van der Waals surface area contributed by atoms with Crippen LogP contribution in [-0.2, 0) is 10.0 Å². The van der Waals surface area contributed by atoms with E-state index in [1.165, 1.54) is 35.3 Å². The Balaban J connectivity index is 1.53. The lowest BCUT2D eigenvalue weighted by molar-refractivity contribution is 0.101. The lowest BCUT2D eigenvalue weighted by Gasteiger charge is -2.12. The Hall–Kier alpha value is -3.65. The molecule has 0 aliphatic rings. The Bertz CT molecular complexity index is 1340. The normalized spacial score (nSPS) is 11.4. The Labute approximate surface area is 174 Å². The van der Waals surface area contributed by atoms with Crippen LogP contribution in [0.25, 0.3) is 11.0 Å². The fourth-order valence-corrected chi connectivity index (χ4v) is 4.20. The molecule has 0 bridgehead atoms. The summed E-state index contributed by atoms with van der Waals surface area (Å²) >= 11 is 0. The molecule has 0 radical (unpaired) electrons. The summed E-state index contributed by atoms with van der Waals surface area (Å²) in [6.07, 6.45) is 1.52. The van der Waals surface area contributed by atoms with E-state index >= 15 is 0 Å². The maximum Gasteiger partial charge on any atom is 0.270 e. The van der Waals surface area contributed by atoms with Crippen LogP contribution in [0.5, 0.6) is 0 Å². The molecule has 2 N–H and O–H groups in total. The van der Waals surface area contributed by atoms with Crippen molar-refractivity contribution in [2.75, 3.05) is 10.1 Å². The van der Waals surface area contributed by atoms with E-state index in [-0.39, 0.29) is 10.8 Å². The molecule has 0 aliphatic carbocycles. The zero-order chi connectivity index (χ0) is 21.3. The van der Waals surface area contributed by atoms with Gasteiger partial charge in [0.15, 0.2) is 0 Å². The zero-order valence-corrected chi connectivity index (χ0v) is 17.3. The predicted octanol–water partition coefficient (Wildman–Crippen LogP) is 3.84. The summed E-state index contributed by atoms with van der Waals surface area (Å²) in [6, 6.07) is 18.6. The van der Waals surface area contributed by atoms with Crippen molar-refractivity contribution in [3.63, 3.8) is 0 Å². The van der Waals surface area contributed by atoms with Crippen LogP contribution in [0.2, 0.25) is 0 Å². The van der Waals surface area contributed by atoms with Crippen LogP contribution in [-0.4, -0.2) is 24.0 Å². The summed E-state index contributed by atoms with van der Waals surface area (Å²) in [4.78, 5) is 16.9. The molecule has 4 rings (SSSR count). The number of sulfonamides is 1. The van der Waals surface area contributed by atoms with Crippen molar-refractivity contribution in [2.45, 2.75) is 18.7 Å². The minimum atomic E-state index is -3.77. The van der Waals surface area contributed by atoms with Crippen LogP contribution in [0.15, 0.2) is 78.0 Å². The number of carbonyl (C=O) groups is 1. The number of imidazole rings is 1. The van der Waals surface area contributed by atoms with Crippen LogP contribution in [0, 0.1) is 13.8 Å². The first-order chi connectivity index (χ1) is 14.3. The summed E-state index contributed by atoms with van der Waals surface area (Å²) in [7, 11) is -3.77. The van der Waals surface area contributed by atoms with Crippen molar-refractivity contribution < 1.29 is 13.2 Å². The van der Waals surface area contributed by atoms with Crippen LogP contribution in [0.4, 0.5) is 5.69 Å². The van der Waals surface area contributed by atoms with Crippen LogP contribution >= 0.6 is 0 Å². The van der Waals surface area contributed by atoms with Gasteiger partial charge >= 0.3 is 0 Å². The second kappa shape index (κ2) is 7.64. The minimum Gasteiger partial charge on any atom is -0.279 e. The van der Waals surface area contributed by atoms with Crippen molar-refractivity contribution in [1.29, 1.82) is 0 Å². The number of nitrogens with one attached hydrogen (secondary N) is 2. The minimum absolute atomic E-state index is 0.0769. The summed E-state index contributed by atoms with van der Waals surface area (Å²) in [5.74, 6) is -0.371. The van der Waals surface area contributed by atoms with Gasteiger partial charge in [-0.1, -0.05) is 24.3 Å². The summed E-state index contributed by atoms with van der Waals surface area (Å²) < 4.78 is 29.6. The highest BCUT2D eigenvalue weighted by Gasteiger charge is 2.17. The second-order valence-electron chi connectivity index (χ2n) is 6.92. The number of fused-ring (bicyclic) bond motifs is 1. The lowest BCUT2D eigenvalue weighted by atomic mass is 10.1. The molecule has 3 aromatic carbocycles. The Morgan fingerprint density at radius 3 is 2.43 bits per heavy atom. The van der Waals surface area contributed by atoms with Gasteiger partial charge in [0.1, 0.15) is 6.33 Å². The third-order valence-electron chi connectivity index (χ3n) is 4.95. The lowest BCUT2D eigenvalue weighted by Crippen LogP contribution is -2.22. The molecule has 0 atom stereocenters. The number of nitrogens with zero attached hydrogens (tertiary/aromatic N) is 2. The quantitative estimate of drug-likeness (QED) is 0.513. The number of rotatable bonds is 5. The van der Waals surface area contributed by atoms with E-state index in [9.17, 15) is 13.2 Å². The first kappa shape index (κ1) is 19.7. The van der Waals surface area contributed by atoms with E-state index in [0.29, 0.717) is 11.3 Å². The average Bonchev–Trinajstić information content (AvgIpc) is 3.14. The SMILES string of the molecule is Cc1cccc(NS(=O)(=O)c2ccc(C(=O)Nn3cnc4ccccc43)cc2)c1C. The average molecular weight is 420 g/mol. The number of hydrogen-bond acceptors (Lipinski definition) is 4. The smallest absolute Gasteiger partial charge is 0.270 e. The monoisotopic (exact) mass is 420 g/mol. The molecule has 8 heteroatoms. The topological polar surface area (TPSA) is 93.1 Å². The first-order valence-electron chi connectivity index (χ1n) is 9.28. The fourth-order valence-electron chi connectivity index (χ4n) is 3.07. The number of amides is 1. The molecule has 152 valence electrons.